The summed E-state index contributed by atoms with van der Waals surface area (Å²) in [5, 5.41) is 7.56. The Morgan fingerprint density at radius 3 is 2.62 bits per heavy atom. The highest BCUT2D eigenvalue weighted by molar-refractivity contribution is 9.10. The molecule has 4 rings (SSSR count). The minimum absolute atomic E-state index is 0.0780. The molecule has 0 amide bonds. The summed E-state index contributed by atoms with van der Waals surface area (Å²) >= 11 is 3.46. The average Bonchev–Trinajstić information content (AvgIpc) is 3.40. The van der Waals surface area contributed by atoms with Crippen LogP contribution >= 0.6 is 15.9 Å². The Kier molecular flexibility index (Phi) is 6.22. The number of hydrogen-bond acceptors (Lipinski definition) is 7. The van der Waals surface area contributed by atoms with Crippen LogP contribution in [0.3, 0.4) is 0 Å². The minimum Gasteiger partial charge on any atom is -0.468 e. The third-order valence-electron chi connectivity index (χ3n) is 4.67. The van der Waals surface area contributed by atoms with Gasteiger partial charge in [0.15, 0.2) is 5.69 Å². The number of esters is 2. The highest BCUT2D eigenvalue weighted by atomic mass is 79.9. The van der Waals surface area contributed by atoms with E-state index in [1.807, 2.05) is 48.7 Å². The third kappa shape index (κ3) is 4.22. The maximum absolute atomic E-state index is 12.7. The normalized spacial score (nSPS) is 10.8. The monoisotopic (exact) mass is 497 g/mol. The molecule has 0 fully saturated rings. The van der Waals surface area contributed by atoms with Crippen molar-refractivity contribution >= 4 is 39.3 Å². The van der Waals surface area contributed by atoms with E-state index in [0.29, 0.717) is 22.7 Å². The van der Waals surface area contributed by atoms with Gasteiger partial charge in [-0.3, -0.25) is 9.20 Å². The van der Waals surface area contributed by atoms with E-state index in [9.17, 15) is 9.59 Å². The lowest BCUT2D eigenvalue weighted by atomic mass is 10.2. The Balaban J connectivity index is 1.91. The number of anilines is 1. The van der Waals surface area contributed by atoms with Crippen LogP contribution in [0.4, 0.5) is 5.82 Å². The Labute approximate surface area is 192 Å². The van der Waals surface area contributed by atoms with Crippen LogP contribution in [0.25, 0.3) is 22.6 Å². The van der Waals surface area contributed by atoms with Gasteiger partial charge in [0.05, 0.1) is 25.0 Å². The van der Waals surface area contributed by atoms with E-state index in [0.717, 1.165) is 10.2 Å². The van der Waals surface area contributed by atoms with Crippen LogP contribution in [0.2, 0.25) is 0 Å². The number of aromatic nitrogens is 4. The van der Waals surface area contributed by atoms with Gasteiger partial charge in [-0.1, -0.05) is 18.2 Å². The summed E-state index contributed by atoms with van der Waals surface area (Å²) < 4.78 is 14.2. The fraction of sp³-hybridized carbons (Fsp3) is 0.182. The minimum atomic E-state index is -0.561. The first-order chi connectivity index (χ1) is 15.5. The molecule has 32 heavy (non-hydrogen) atoms. The Hall–Kier alpha value is -3.66. The number of benzene rings is 1. The van der Waals surface area contributed by atoms with E-state index in [4.69, 9.17) is 14.5 Å². The van der Waals surface area contributed by atoms with E-state index < -0.39 is 11.9 Å². The molecule has 4 aromatic rings. The lowest BCUT2D eigenvalue weighted by Gasteiger charge is -2.08. The zero-order valence-electron chi connectivity index (χ0n) is 17.4. The second kappa shape index (κ2) is 9.23. The van der Waals surface area contributed by atoms with Crippen molar-refractivity contribution < 1.29 is 19.1 Å². The maximum atomic E-state index is 12.7. The second-order valence-electron chi connectivity index (χ2n) is 6.71. The number of halogens is 1. The molecule has 0 spiro atoms. The lowest BCUT2D eigenvalue weighted by Crippen LogP contribution is -2.16. The summed E-state index contributed by atoms with van der Waals surface area (Å²) in [6.07, 6.45) is 3.54. The molecule has 1 aromatic carbocycles. The first-order valence-electron chi connectivity index (χ1n) is 9.82. The largest absolute Gasteiger partial charge is 0.468 e. The third-order valence-corrected chi connectivity index (χ3v) is 5.14. The van der Waals surface area contributed by atoms with Crippen molar-refractivity contribution in [3.63, 3.8) is 0 Å². The summed E-state index contributed by atoms with van der Waals surface area (Å²) in [4.78, 5) is 29.2. The number of methoxy groups -OCH3 is 1. The molecule has 164 valence electrons. The number of ether oxygens (including phenoxy) is 2. The van der Waals surface area contributed by atoms with Crippen molar-refractivity contribution in [1.82, 2.24) is 19.2 Å². The number of nitrogens with zero attached hydrogens (tertiary/aromatic N) is 4. The number of imidazole rings is 1. The molecular weight excluding hydrogens is 478 g/mol. The molecule has 0 saturated heterocycles. The molecule has 0 bridgehead atoms. The number of pyridine rings is 1. The molecule has 0 aliphatic rings. The molecule has 10 heteroatoms. The van der Waals surface area contributed by atoms with Crippen molar-refractivity contribution in [1.29, 1.82) is 0 Å². The Bertz CT molecular complexity index is 1280. The second-order valence-corrected chi connectivity index (χ2v) is 7.62. The predicted molar refractivity (Wildman–Crippen MR) is 122 cm³/mol. The smallest absolute Gasteiger partial charge is 0.359 e. The molecule has 1 N–H and O–H groups in total. The summed E-state index contributed by atoms with van der Waals surface area (Å²) in [7, 11) is 1.32. The van der Waals surface area contributed by atoms with E-state index in [1.54, 1.807) is 22.2 Å². The lowest BCUT2D eigenvalue weighted by molar-refractivity contribution is -0.138. The molecule has 0 aliphatic heterocycles. The van der Waals surface area contributed by atoms with Gasteiger partial charge in [0.1, 0.15) is 23.7 Å². The molecule has 3 heterocycles. The number of fused-ring (bicyclic) bond motifs is 1. The molecule has 3 aromatic heterocycles. The van der Waals surface area contributed by atoms with Gasteiger partial charge >= 0.3 is 11.9 Å². The number of carbonyl (C=O) groups is 2. The highest BCUT2D eigenvalue weighted by Gasteiger charge is 2.25. The van der Waals surface area contributed by atoms with Gasteiger partial charge in [-0.2, -0.15) is 5.10 Å². The van der Waals surface area contributed by atoms with Crippen LogP contribution in [0.5, 0.6) is 0 Å². The number of para-hydroxylation sites is 1. The highest BCUT2D eigenvalue weighted by Crippen LogP contribution is 2.33. The number of rotatable bonds is 7. The number of hydrogen-bond donors (Lipinski definition) is 1. The summed E-state index contributed by atoms with van der Waals surface area (Å²) in [5.41, 5.74) is 2.45. The molecule has 9 nitrogen and oxygen atoms in total. The van der Waals surface area contributed by atoms with Crippen LogP contribution in [0.15, 0.2) is 59.3 Å². The van der Waals surface area contributed by atoms with Gasteiger partial charge in [0, 0.05) is 16.9 Å². The topological polar surface area (TPSA) is 99.8 Å². The van der Waals surface area contributed by atoms with Crippen LogP contribution in [-0.4, -0.2) is 51.4 Å². The molecule has 0 atom stereocenters. The van der Waals surface area contributed by atoms with Gasteiger partial charge in [0.25, 0.3) is 0 Å². The SMILES string of the molecule is CCOC(=O)c1nn(-c2ccccc2)cc1-c1nc2ccc(Br)cn2c1NCC(=O)OC. The van der Waals surface area contributed by atoms with Crippen molar-refractivity contribution in [2.45, 2.75) is 6.92 Å². The van der Waals surface area contributed by atoms with Gasteiger partial charge < -0.3 is 14.8 Å². The van der Waals surface area contributed by atoms with E-state index in [1.165, 1.54) is 7.11 Å². The van der Waals surface area contributed by atoms with Crippen LogP contribution < -0.4 is 5.32 Å². The van der Waals surface area contributed by atoms with Crippen molar-refractivity contribution in [2.24, 2.45) is 0 Å². The first-order valence-corrected chi connectivity index (χ1v) is 10.6. The molecule has 0 aliphatic carbocycles. The average molecular weight is 498 g/mol. The van der Waals surface area contributed by atoms with Crippen LogP contribution in [-0.2, 0) is 14.3 Å². The van der Waals surface area contributed by atoms with Gasteiger partial charge in [0.2, 0.25) is 0 Å². The molecule has 0 unspecified atom stereocenters. The molecule has 0 saturated carbocycles. The summed E-state index contributed by atoms with van der Waals surface area (Å²) in [6, 6.07) is 13.1. The first kappa shape index (κ1) is 21.6. The van der Waals surface area contributed by atoms with Gasteiger partial charge in [-0.25, -0.2) is 14.5 Å². The molecular formula is C22H20BrN5O4. The standard InChI is InChI=1S/C22H20BrN5O4/c1-3-32-22(30)20-16(13-28(26-20)15-7-5-4-6-8-15)19-21(24-11-18(29)31-2)27-12-14(23)9-10-17(27)25-19/h4-10,12-13,24H,3,11H2,1-2H3. The summed E-state index contributed by atoms with van der Waals surface area (Å²) in [6.45, 7) is 1.87. The van der Waals surface area contributed by atoms with Crippen molar-refractivity contribution in [3.8, 4) is 16.9 Å². The fourth-order valence-electron chi connectivity index (χ4n) is 3.21. The number of carbonyl (C=O) groups excluding carboxylic acids is 2. The maximum Gasteiger partial charge on any atom is 0.359 e. The molecule has 0 radical (unpaired) electrons. The Morgan fingerprint density at radius 1 is 1.12 bits per heavy atom. The fourth-order valence-corrected chi connectivity index (χ4v) is 3.55. The zero-order valence-corrected chi connectivity index (χ0v) is 19.0. The van der Waals surface area contributed by atoms with E-state index in [-0.39, 0.29) is 18.8 Å². The predicted octanol–water partition coefficient (Wildman–Crippen LogP) is 3.71. The van der Waals surface area contributed by atoms with E-state index >= 15 is 0 Å². The van der Waals surface area contributed by atoms with Gasteiger partial charge in [-0.15, -0.1) is 0 Å². The van der Waals surface area contributed by atoms with Crippen molar-refractivity contribution in [2.75, 3.05) is 25.6 Å². The quantitative estimate of drug-likeness (QED) is 0.388. The van der Waals surface area contributed by atoms with E-state index in [2.05, 4.69) is 26.3 Å². The van der Waals surface area contributed by atoms with Crippen LogP contribution in [0.1, 0.15) is 17.4 Å². The zero-order chi connectivity index (χ0) is 22.7. The summed E-state index contributed by atoms with van der Waals surface area (Å²) in [5.74, 6) is -0.481. The number of nitrogens with one attached hydrogen (secondary N) is 1. The Morgan fingerprint density at radius 2 is 1.91 bits per heavy atom. The van der Waals surface area contributed by atoms with Gasteiger partial charge in [-0.05, 0) is 47.1 Å². The van der Waals surface area contributed by atoms with Crippen LogP contribution in [0, 0.1) is 0 Å². The van der Waals surface area contributed by atoms with Crippen molar-refractivity contribution in [3.05, 3.63) is 65.0 Å².